The molecule has 2 rings (SSSR count). The van der Waals surface area contributed by atoms with E-state index in [-0.39, 0.29) is 20.6 Å². The van der Waals surface area contributed by atoms with E-state index in [0.717, 1.165) is 0 Å². The number of aryl methyl sites for hydroxylation is 1. The largest absolute Gasteiger partial charge is 0.322 e. The molecule has 0 aliphatic rings. The highest BCUT2D eigenvalue weighted by Crippen LogP contribution is 2.24. The minimum absolute atomic E-state index is 0.0487. The SMILES string of the molecule is Cc1ccc(C(=O)Nc2cccc(S(N)(=O)=O)c2)c(Br)c1F. The van der Waals surface area contributed by atoms with Gasteiger partial charge in [-0.1, -0.05) is 12.1 Å². The first-order valence-electron chi connectivity index (χ1n) is 6.09. The Bertz CT molecular complexity index is 853. The fourth-order valence-corrected chi connectivity index (χ4v) is 2.96. The van der Waals surface area contributed by atoms with Crippen LogP contribution in [0.4, 0.5) is 10.1 Å². The molecule has 2 aromatic rings. The minimum Gasteiger partial charge on any atom is -0.322 e. The second-order valence-corrected chi connectivity index (χ2v) is 6.94. The van der Waals surface area contributed by atoms with Gasteiger partial charge in [-0.2, -0.15) is 0 Å². The first-order chi connectivity index (χ1) is 10.2. The zero-order chi connectivity index (χ0) is 16.5. The van der Waals surface area contributed by atoms with Gasteiger partial charge in [0.05, 0.1) is 14.9 Å². The minimum atomic E-state index is -3.87. The molecule has 0 radical (unpaired) electrons. The lowest BCUT2D eigenvalue weighted by Crippen LogP contribution is -2.15. The molecule has 0 heterocycles. The molecular weight excluding hydrogens is 375 g/mol. The molecule has 0 saturated heterocycles. The molecule has 3 N–H and O–H groups in total. The van der Waals surface area contributed by atoms with Crippen molar-refractivity contribution in [1.29, 1.82) is 0 Å². The van der Waals surface area contributed by atoms with Gasteiger partial charge >= 0.3 is 0 Å². The predicted molar refractivity (Wildman–Crippen MR) is 84.6 cm³/mol. The number of halogens is 2. The van der Waals surface area contributed by atoms with Crippen LogP contribution in [0.15, 0.2) is 45.8 Å². The summed E-state index contributed by atoms with van der Waals surface area (Å²) in [7, 11) is -3.87. The van der Waals surface area contributed by atoms with Gasteiger partial charge in [0.1, 0.15) is 5.82 Å². The number of anilines is 1. The summed E-state index contributed by atoms with van der Waals surface area (Å²) in [5.41, 5.74) is 0.744. The van der Waals surface area contributed by atoms with Gasteiger partial charge in [0.15, 0.2) is 0 Å². The third kappa shape index (κ3) is 3.52. The second kappa shape index (κ2) is 6.15. The highest BCUT2D eigenvalue weighted by atomic mass is 79.9. The van der Waals surface area contributed by atoms with E-state index in [9.17, 15) is 17.6 Å². The molecule has 0 aromatic heterocycles. The Balaban J connectivity index is 2.32. The molecule has 8 heteroatoms. The van der Waals surface area contributed by atoms with Gasteiger partial charge in [0, 0.05) is 5.69 Å². The van der Waals surface area contributed by atoms with Gasteiger partial charge in [-0.25, -0.2) is 17.9 Å². The molecule has 0 fully saturated rings. The molecule has 116 valence electrons. The van der Waals surface area contributed by atoms with Crippen LogP contribution in [-0.4, -0.2) is 14.3 Å². The first kappa shape index (κ1) is 16.6. The van der Waals surface area contributed by atoms with Crippen LogP contribution >= 0.6 is 15.9 Å². The lowest BCUT2D eigenvalue weighted by atomic mass is 10.1. The molecule has 0 spiro atoms. The second-order valence-electron chi connectivity index (χ2n) is 4.58. The molecule has 0 aliphatic heterocycles. The Morgan fingerprint density at radius 2 is 1.95 bits per heavy atom. The predicted octanol–water partition coefficient (Wildman–Crippen LogP) is 2.80. The molecule has 2 aromatic carbocycles. The molecule has 0 unspecified atom stereocenters. The normalized spacial score (nSPS) is 11.3. The lowest BCUT2D eigenvalue weighted by molar-refractivity contribution is 0.102. The van der Waals surface area contributed by atoms with Crippen molar-refractivity contribution >= 4 is 37.5 Å². The van der Waals surface area contributed by atoms with E-state index in [1.54, 1.807) is 6.92 Å². The van der Waals surface area contributed by atoms with Crippen LogP contribution in [0.25, 0.3) is 0 Å². The maximum atomic E-state index is 13.8. The van der Waals surface area contributed by atoms with Crippen LogP contribution in [0.5, 0.6) is 0 Å². The summed E-state index contributed by atoms with van der Waals surface area (Å²) in [4.78, 5) is 12.0. The maximum Gasteiger partial charge on any atom is 0.256 e. The smallest absolute Gasteiger partial charge is 0.256 e. The van der Waals surface area contributed by atoms with E-state index in [0.29, 0.717) is 5.56 Å². The number of hydrogen-bond donors (Lipinski definition) is 2. The Morgan fingerprint density at radius 3 is 2.59 bits per heavy atom. The van der Waals surface area contributed by atoms with Gasteiger partial charge in [-0.15, -0.1) is 0 Å². The molecular formula is C14H12BrFN2O3S. The number of nitrogens with two attached hydrogens (primary N) is 1. The van der Waals surface area contributed by atoms with Gasteiger partial charge in [0.25, 0.3) is 5.91 Å². The van der Waals surface area contributed by atoms with Crippen molar-refractivity contribution in [1.82, 2.24) is 0 Å². The highest BCUT2D eigenvalue weighted by Gasteiger charge is 2.16. The van der Waals surface area contributed by atoms with E-state index in [4.69, 9.17) is 5.14 Å². The van der Waals surface area contributed by atoms with Gasteiger partial charge < -0.3 is 5.32 Å². The topological polar surface area (TPSA) is 89.3 Å². The van der Waals surface area contributed by atoms with E-state index < -0.39 is 21.7 Å². The quantitative estimate of drug-likeness (QED) is 0.849. The number of carbonyl (C=O) groups excluding carboxylic acids is 1. The fourth-order valence-electron chi connectivity index (χ4n) is 1.77. The molecule has 0 aliphatic carbocycles. The molecule has 5 nitrogen and oxygen atoms in total. The molecule has 0 atom stereocenters. The van der Waals surface area contributed by atoms with E-state index >= 15 is 0 Å². The number of carbonyl (C=O) groups is 1. The first-order valence-corrected chi connectivity index (χ1v) is 8.43. The van der Waals surface area contributed by atoms with Crippen LogP contribution in [-0.2, 0) is 10.0 Å². The van der Waals surface area contributed by atoms with Crippen LogP contribution in [0.3, 0.4) is 0 Å². The molecule has 0 saturated carbocycles. The number of nitrogens with one attached hydrogen (secondary N) is 1. The summed E-state index contributed by atoms with van der Waals surface area (Å²) in [5, 5.41) is 7.53. The van der Waals surface area contributed by atoms with Crippen LogP contribution in [0, 0.1) is 12.7 Å². The van der Waals surface area contributed by atoms with Crippen molar-refractivity contribution in [2.75, 3.05) is 5.32 Å². The summed E-state index contributed by atoms with van der Waals surface area (Å²) in [6, 6.07) is 8.44. The lowest BCUT2D eigenvalue weighted by Gasteiger charge is -2.09. The van der Waals surface area contributed by atoms with Gasteiger partial charge in [0.2, 0.25) is 10.0 Å². The summed E-state index contributed by atoms with van der Waals surface area (Å²) >= 11 is 3.04. The number of benzene rings is 2. The fraction of sp³-hybridized carbons (Fsp3) is 0.0714. The average molecular weight is 387 g/mol. The zero-order valence-electron chi connectivity index (χ0n) is 11.4. The summed E-state index contributed by atoms with van der Waals surface area (Å²) < 4.78 is 36.4. The monoisotopic (exact) mass is 386 g/mol. The Hall–Kier alpha value is -1.77. The Labute approximate surface area is 135 Å². The molecule has 0 bridgehead atoms. The van der Waals surface area contributed by atoms with Gasteiger partial charge in [-0.3, -0.25) is 4.79 Å². The van der Waals surface area contributed by atoms with Crippen molar-refractivity contribution in [3.8, 4) is 0 Å². The third-order valence-electron chi connectivity index (χ3n) is 2.94. The van der Waals surface area contributed by atoms with Crippen molar-refractivity contribution in [2.24, 2.45) is 5.14 Å². The van der Waals surface area contributed by atoms with Crippen molar-refractivity contribution in [3.63, 3.8) is 0 Å². The zero-order valence-corrected chi connectivity index (χ0v) is 13.8. The van der Waals surface area contributed by atoms with E-state index in [2.05, 4.69) is 21.2 Å². The number of hydrogen-bond acceptors (Lipinski definition) is 3. The maximum absolute atomic E-state index is 13.8. The number of sulfonamides is 1. The highest BCUT2D eigenvalue weighted by molar-refractivity contribution is 9.10. The molecule has 1 amide bonds. The molecule has 22 heavy (non-hydrogen) atoms. The van der Waals surface area contributed by atoms with E-state index in [1.165, 1.54) is 36.4 Å². The van der Waals surface area contributed by atoms with Crippen molar-refractivity contribution < 1.29 is 17.6 Å². The van der Waals surface area contributed by atoms with Crippen molar-refractivity contribution in [2.45, 2.75) is 11.8 Å². The Kier molecular flexibility index (Phi) is 4.64. The average Bonchev–Trinajstić information content (AvgIpc) is 2.44. The van der Waals surface area contributed by atoms with Gasteiger partial charge in [-0.05, 0) is 52.7 Å². The Morgan fingerprint density at radius 1 is 1.27 bits per heavy atom. The summed E-state index contributed by atoms with van der Waals surface area (Å²) in [6.45, 7) is 1.58. The van der Waals surface area contributed by atoms with Crippen LogP contribution < -0.4 is 10.5 Å². The number of amides is 1. The summed E-state index contributed by atoms with van der Waals surface area (Å²) in [6.07, 6.45) is 0. The summed E-state index contributed by atoms with van der Waals surface area (Å²) in [5.74, 6) is -1.09. The number of primary sulfonamides is 1. The standard InChI is InChI=1S/C14H12BrFN2O3S/c1-8-5-6-11(12(15)13(8)16)14(19)18-9-3-2-4-10(7-9)22(17,20)21/h2-7H,1H3,(H,18,19)(H2,17,20,21). The van der Waals surface area contributed by atoms with E-state index in [1.807, 2.05) is 0 Å². The number of rotatable bonds is 3. The third-order valence-corrected chi connectivity index (χ3v) is 4.63. The van der Waals surface area contributed by atoms with Crippen molar-refractivity contribution in [3.05, 3.63) is 57.8 Å². The van der Waals surface area contributed by atoms with Crippen LogP contribution in [0.2, 0.25) is 0 Å². The van der Waals surface area contributed by atoms with Crippen LogP contribution in [0.1, 0.15) is 15.9 Å².